The Balaban J connectivity index is 1.33. The molecule has 0 spiro atoms. The molecule has 4 heterocycles. The molecule has 2 aliphatic heterocycles. The molecule has 0 aliphatic carbocycles. The fourth-order valence-electron chi connectivity index (χ4n) is 5.41. The fraction of sp³-hybridized carbons (Fsp3) is 0.433. The zero-order chi connectivity index (χ0) is 29.3. The van der Waals surface area contributed by atoms with Crippen molar-refractivity contribution < 1.29 is 24.2 Å². The number of alkyl carbamates (subject to hydrolysis) is 1. The quantitative estimate of drug-likeness (QED) is 0.370. The summed E-state index contributed by atoms with van der Waals surface area (Å²) in [6, 6.07) is 14.2. The molecular weight excluding hydrogens is 540 g/mol. The van der Waals surface area contributed by atoms with Gasteiger partial charge in [0.05, 0.1) is 12.5 Å². The minimum atomic E-state index is -1.10. The zero-order valence-electron chi connectivity index (χ0n) is 23.4. The summed E-state index contributed by atoms with van der Waals surface area (Å²) < 4.78 is 12.3. The SMILES string of the molecule is O=C(O)CC(Cn1cc(C2CCOCC2)c(N2CCN(c3ccccn3)CC2)nc1=O)NC(=O)OCc1ccccc1. The third-order valence-electron chi connectivity index (χ3n) is 7.59. The van der Waals surface area contributed by atoms with Crippen LogP contribution in [-0.4, -0.2) is 77.1 Å². The molecule has 2 aromatic heterocycles. The van der Waals surface area contributed by atoms with E-state index in [1.165, 1.54) is 4.57 Å². The Morgan fingerprint density at radius 2 is 1.74 bits per heavy atom. The van der Waals surface area contributed by atoms with Crippen LogP contribution in [0.15, 0.2) is 65.7 Å². The van der Waals surface area contributed by atoms with Crippen molar-refractivity contribution in [1.82, 2.24) is 19.9 Å². The predicted octanol–water partition coefficient (Wildman–Crippen LogP) is 2.63. The van der Waals surface area contributed by atoms with E-state index in [1.54, 1.807) is 12.4 Å². The zero-order valence-corrected chi connectivity index (χ0v) is 23.4. The number of hydrogen-bond acceptors (Lipinski definition) is 9. The number of nitrogens with zero attached hydrogens (tertiary/aromatic N) is 5. The summed E-state index contributed by atoms with van der Waals surface area (Å²) in [4.78, 5) is 50.8. The van der Waals surface area contributed by atoms with Crippen LogP contribution in [0.25, 0.3) is 0 Å². The molecule has 3 aromatic rings. The smallest absolute Gasteiger partial charge is 0.407 e. The van der Waals surface area contributed by atoms with Gasteiger partial charge in [-0.2, -0.15) is 4.98 Å². The third-order valence-corrected chi connectivity index (χ3v) is 7.59. The number of amides is 1. The normalized spacial score (nSPS) is 16.6. The molecular formula is C30H36N6O6. The molecule has 222 valence electrons. The van der Waals surface area contributed by atoms with Crippen molar-refractivity contribution in [3.8, 4) is 0 Å². The summed E-state index contributed by atoms with van der Waals surface area (Å²) in [6.07, 6.45) is 4.03. The minimum Gasteiger partial charge on any atom is -0.481 e. The maximum atomic E-state index is 13.3. The van der Waals surface area contributed by atoms with E-state index < -0.39 is 23.8 Å². The van der Waals surface area contributed by atoms with E-state index in [1.807, 2.05) is 48.5 Å². The summed E-state index contributed by atoms with van der Waals surface area (Å²) >= 11 is 0. The molecule has 1 amide bonds. The van der Waals surface area contributed by atoms with Crippen molar-refractivity contribution >= 4 is 23.7 Å². The topological polar surface area (TPSA) is 139 Å². The number of anilines is 2. The molecule has 2 saturated heterocycles. The van der Waals surface area contributed by atoms with Crippen molar-refractivity contribution in [2.45, 2.75) is 44.4 Å². The largest absolute Gasteiger partial charge is 0.481 e. The van der Waals surface area contributed by atoms with Crippen molar-refractivity contribution in [2.24, 2.45) is 0 Å². The molecule has 2 N–H and O–H groups in total. The second-order valence-electron chi connectivity index (χ2n) is 10.5. The van der Waals surface area contributed by atoms with E-state index in [-0.39, 0.29) is 25.5 Å². The van der Waals surface area contributed by atoms with Gasteiger partial charge in [-0.3, -0.25) is 9.36 Å². The van der Waals surface area contributed by atoms with Crippen LogP contribution in [0.5, 0.6) is 0 Å². The van der Waals surface area contributed by atoms with E-state index >= 15 is 0 Å². The van der Waals surface area contributed by atoms with Gasteiger partial charge in [-0.1, -0.05) is 36.4 Å². The summed E-state index contributed by atoms with van der Waals surface area (Å²) in [6.45, 7) is 4.07. The minimum absolute atomic E-state index is 0.0458. The summed E-state index contributed by atoms with van der Waals surface area (Å²) in [5.41, 5.74) is 1.24. The first-order valence-corrected chi connectivity index (χ1v) is 14.3. The maximum absolute atomic E-state index is 13.3. The van der Waals surface area contributed by atoms with Crippen LogP contribution in [0.2, 0.25) is 0 Å². The number of pyridine rings is 1. The Morgan fingerprint density at radius 3 is 2.43 bits per heavy atom. The molecule has 1 aromatic carbocycles. The number of carbonyl (C=O) groups is 2. The van der Waals surface area contributed by atoms with Crippen LogP contribution >= 0.6 is 0 Å². The number of carboxylic acid groups (broad SMARTS) is 1. The summed E-state index contributed by atoms with van der Waals surface area (Å²) in [5, 5.41) is 12.1. The van der Waals surface area contributed by atoms with Crippen molar-refractivity contribution in [1.29, 1.82) is 0 Å². The molecule has 0 bridgehead atoms. The van der Waals surface area contributed by atoms with Crippen LogP contribution in [0.3, 0.4) is 0 Å². The number of hydrogen-bond donors (Lipinski definition) is 2. The highest BCUT2D eigenvalue weighted by atomic mass is 16.5. The van der Waals surface area contributed by atoms with Crippen LogP contribution in [0.4, 0.5) is 16.4 Å². The molecule has 1 unspecified atom stereocenters. The van der Waals surface area contributed by atoms with Gasteiger partial charge in [-0.15, -0.1) is 0 Å². The first-order chi connectivity index (χ1) is 20.5. The molecule has 42 heavy (non-hydrogen) atoms. The second-order valence-corrected chi connectivity index (χ2v) is 10.5. The number of ether oxygens (including phenoxy) is 2. The van der Waals surface area contributed by atoms with Crippen LogP contribution in [-0.2, 0) is 27.4 Å². The van der Waals surface area contributed by atoms with E-state index in [0.717, 1.165) is 42.9 Å². The Hall–Kier alpha value is -4.45. The van der Waals surface area contributed by atoms with Crippen molar-refractivity contribution in [3.05, 3.63) is 82.5 Å². The second kappa shape index (κ2) is 13.9. The van der Waals surface area contributed by atoms with E-state index in [9.17, 15) is 19.5 Å². The number of benzene rings is 1. The lowest BCUT2D eigenvalue weighted by Crippen LogP contribution is -2.48. The maximum Gasteiger partial charge on any atom is 0.407 e. The number of aliphatic carboxylic acids is 1. The standard InChI is InChI=1S/C30H36N6O6/c37-27(38)18-24(32-30(40)42-21-22-6-2-1-3-7-22)19-36-20-25(23-9-16-41-17-10-23)28(33-29(36)39)35-14-12-34(13-15-35)26-8-4-5-11-31-26/h1-8,11,20,23-24H,9-10,12-19,21H2,(H,32,40)(H,37,38). The summed E-state index contributed by atoms with van der Waals surface area (Å²) in [7, 11) is 0. The average Bonchev–Trinajstić information content (AvgIpc) is 3.02. The number of nitrogens with one attached hydrogen (secondary N) is 1. The predicted molar refractivity (Wildman–Crippen MR) is 156 cm³/mol. The Kier molecular flexibility index (Phi) is 9.65. The number of carbonyl (C=O) groups excluding carboxylic acids is 1. The van der Waals surface area contributed by atoms with Crippen LogP contribution in [0.1, 0.15) is 36.3 Å². The number of rotatable bonds is 10. The number of carboxylic acids is 1. The van der Waals surface area contributed by atoms with Gasteiger partial charge in [0.2, 0.25) is 0 Å². The lowest BCUT2D eigenvalue weighted by molar-refractivity contribution is -0.137. The highest BCUT2D eigenvalue weighted by molar-refractivity contribution is 5.71. The van der Waals surface area contributed by atoms with Gasteiger partial charge in [-0.05, 0) is 36.5 Å². The van der Waals surface area contributed by atoms with Gasteiger partial charge < -0.3 is 29.7 Å². The Labute approximate surface area is 243 Å². The average molecular weight is 577 g/mol. The van der Waals surface area contributed by atoms with Crippen molar-refractivity contribution in [2.75, 3.05) is 49.2 Å². The molecule has 5 rings (SSSR count). The molecule has 12 heteroatoms. The van der Waals surface area contributed by atoms with Gasteiger partial charge in [0, 0.05) is 63.9 Å². The molecule has 12 nitrogen and oxygen atoms in total. The highest BCUT2D eigenvalue weighted by Crippen LogP contribution is 2.33. The fourth-order valence-corrected chi connectivity index (χ4v) is 5.41. The highest BCUT2D eigenvalue weighted by Gasteiger charge is 2.28. The summed E-state index contributed by atoms with van der Waals surface area (Å²) in [5.74, 6) is 0.623. The van der Waals surface area contributed by atoms with Crippen LogP contribution < -0.4 is 20.8 Å². The molecule has 2 aliphatic rings. The van der Waals surface area contributed by atoms with Crippen LogP contribution in [0, 0.1) is 0 Å². The Bertz CT molecular complexity index is 1390. The molecule has 0 saturated carbocycles. The van der Waals surface area contributed by atoms with Gasteiger partial charge in [0.15, 0.2) is 0 Å². The van der Waals surface area contributed by atoms with E-state index in [0.29, 0.717) is 32.1 Å². The Morgan fingerprint density at radius 1 is 1.02 bits per heavy atom. The monoisotopic (exact) mass is 576 g/mol. The lowest BCUT2D eigenvalue weighted by atomic mass is 9.92. The first-order valence-electron chi connectivity index (χ1n) is 14.3. The van der Waals surface area contributed by atoms with Gasteiger partial charge in [-0.25, -0.2) is 14.6 Å². The first kappa shape index (κ1) is 29.1. The number of aromatic nitrogens is 3. The lowest BCUT2D eigenvalue weighted by Gasteiger charge is -2.38. The van der Waals surface area contributed by atoms with Gasteiger partial charge in [0.25, 0.3) is 0 Å². The van der Waals surface area contributed by atoms with E-state index in [2.05, 4.69) is 25.1 Å². The molecule has 0 radical (unpaired) electrons. The number of piperazine rings is 1. The van der Waals surface area contributed by atoms with Crippen molar-refractivity contribution in [3.63, 3.8) is 0 Å². The van der Waals surface area contributed by atoms with Gasteiger partial charge >= 0.3 is 17.8 Å². The van der Waals surface area contributed by atoms with E-state index in [4.69, 9.17) is 9.47 Å². The third kappa shape index (κ3) is 7.64. The molecule has 2 fully saturated rings. The molecule has 1 atom stereocenters. The van der Waals surface area contributed by atoms with Gasteiger partial charge in [0.1, 0.15) is 18.2 Å².